The van der Waals surface area contributed by atoms with Gasteiger partial charge in [-0.1, -0.05) is 12.8 Å². The lowest BCUT2D eigenvalue weighted by molar-refractivity contribution is -0.158. The lowest BCUT2D eigenvalue weighted by Crippen LogP contribution is -2.44. The Bertz CT molecular complexity index is 919. The third kappa shape index (κ3) is 4.74. The van der Waals surface area contributed by atoms with Crippen molar-refractivity contribution in [2.45, 2.75) is 43.5 Å². The van der Waals surface area contributed by atoms with Gasteiger partial charge in [-0.3, -0.25) is 14.5 Å². The maximum Gasteiger partial charge on any atom is 0.329 e. The van der Waals surface area contributed by atoms with E-state index in [4.69, 9.17) is 9.47 Å². The topological polar surface area (TPSA) is 110 Å². The van der Waals surface area contributed by atoms with Gasteiger partial charge in [0.2, 0.25) is 21.8 Å². The number of esters is 1. The zero-order valence-electron chi connectivity index (χ0n) is 17.9. The largest absolute Gasteiger partial charge is 0.490 e. The maximum atomic E-state index is 12.6. The lowest BCUT2D eigenvalue weighted by Gasteiger charge is -2.21. The van der Waals surface area contributed by atoms with Crippen LogP contribution in [-0.4, -0.2) is 68.8 Å². The molecule has 1 saturated carbocycles. The van der Waals surface area contributed by atoms with E-state index in [9.17, 15) is 22.8 Å². The second kappa shape index (κ2) is 9.35. The molecule has 0 unspecified atom stereocenters. The van der Waals surface area contributed by atoms with Gasteiger partial charge in [0.25, 0.3) is 0 Å². The number of carbonyl (C=O) groups is 3. The Hall–Kier alpha value is -2.46. The number of hydrogen-bond donors (Lipinski definition) is 0. The van der Waals surface area contributed by atoms with Gasteiger partial charge in [0.15, 0.2) is 0 Å². The van der Waals surface area contributed by atoms with Crippen molar-refractivity contribution in [3.8, 4) is 5.75 Å². The molecule has 2 fully saturated rings. The molecule has 1 aliphatic carbocycles. The molecular formula is C21H28N2O7S. The van der Waals surface area contributed by atoms with Crippen molar-refractivity contribution >= 4 is 27.8 Å². The average Bonchev–Trinajstić information content (AvgIpc) is 3.01. The summed E-state index contributed by atoms with van der Waals surface area (Å²) in [5.74, 6) is -1.39. The van der Waals surface area contributed by atoms with Gasteiger partial charge in [0.1, 0.15) is 25.0 Å². The van der Waals surface area contributed by atoms with Gasteiger partial charge in [-0.05, 0) is 44.0 Å². The normalized spacial score (nSPS) is 22.4. The molecular weight excluding hydrogens is 424 g/mol. The summed E-state index contributed by atoms with van der Waals surface area (Å²) in [6, 6.07) is 4.93. The number of nitrogens with zero attached hydrogens (tertiary/aromatic N) is 2. The molecule has 0 bridgehead atoms. The molecule has 1 heterocycles. The lowest BCUT2D eigenvalue weighted by atomic mass is 9.81. The molecule has 0 radical (unpaired) electrons. The molecule has 1 saturated heterocycles. The molecule has 9 nitrogen and oxygen atoms in total. The van der Waals surface area contributed by atoms with Crippen LogP contribution in [0.2, 0.25) is 0 Å². The average molecular weight is 453 g/mol. The minimum absolute atomic E-state index is 0.0470. The number of rotatable bonds is 8. The maximum absolute atomic E-state index is 12.6. The van der Waals surface area contributed by atoms with Crippen molar-refractivity contribution in [3.05, 3.63) is 24.3 Å². The van der Waals surface area contributed by atoms with E-state index in [1.807, 2.05) is 0 Å². The summed E-state index contributed by atoms with van der Waals surface area (Å²) in [5, 5.41) is 0. The van der Waals surface area contributed by atoms with E-state index in [1.54, 1.807) is 0 Å². The van der Waals surface area contributed by atoms with Crippen LogP contribution < -0.4 is 4.74 Å². The predicted molar refractivity (Wildman–Crippen MR) is 111 cm³/mol. The van der Waals surface area contributed by atoms with E-state index in [0.717, 1.165) is 22.0 Å². The summed E-state index contributed by atoms with van der Waals surface area (Å²) < 4.78 is 35.9. The minimum atomic E-state index is -3.52. The summed E-state index contributed by atoms with van der Waals surface area (Å²) in [4.78, 5) is 38.7. The molecule has 2 aliphatic rings. The standard InChI is InChI=1S/C21H28N2O7S/c1-14(23-19(24)17-6-4-5-7-18(17)20(23)25)21(26)30-13-12-29-15-8-10-16(11-9-15)31(27,28)22(2)3/h8-11,14,17-18H,4-7,12-13H2,1-3H3/t14-,17-,18+/m0/s1. The van der Waals surface area contributed by atoms with Crippen LogP contribution in [0.15, 0.2) is 29.2 Å². The number of fused-ring (bicyclic) bond motifs is 1. The van der Waals surface area contributed by atoms with Crippen LogP contribution in [-0.2, 0) is 29.1 Å². The van der Waals surface area contributed by atoms with Crippen molar-refractivity contribution in [2.75, 3.05) is 27.3 Å². The number of ether oxygens (including phenoxy) is 2. The van der Waals surface area contributed by atoms with Gasteiger partial charge < -0.3 is 9.47 Å². The molecule has 170 valence electrons. The van der Waals surface area contributed by atoms with E-state index in [2.05, 4.69) is 0 Å². The zero-order chi connectivity index (χ0) is 22.8. The van der Waals surface area contributed by atoms with E-state index in [0.29, 0.717) is 18.6 Å². The summed E-state index contributed by atoms with van der Waals surface area (Å²) in [6.07, 6.45) is 3.23. The van der Waals surface area contributed by atoms with Crippen molar-refractivity contribution < 1.29 is 32.3 Å². The van der Waals surface area contributed by atoms with Gasteiger partial charge >= 0.3 is 5.97 Å². The van der Waals surface area contributed by atoms with Crippen LogP contribution in [0.25, 0.3) is 0 Å². The highest BCUT2D eigenvalue weighted by Crippen LogP contribution is 2.38. The predicted octanol–water partition coefficient (Wildman–Crippen LogP) is 1.42. The van der Waals surface area contributed by atoms with E-state index >= 15 is 0 Å². The number of benzene rings is 1. The first-order valence-electron chi connectivity index (χ1n) is 10.3. The second-order valence-corrected chi connectivity index (χ2v) is 10.1. The van der Waals surface area contributed by atoms with Crippen molar-refractivity contribution in [3.63, 3.8) is 0 Å². The Kier molecular flexibility index (Phi) is 7.00. The van der Waals surface area contributed by atoms with Crippen LogP contribution in [0, 0.1) is 11.8 Å². The summed E-state index contributed by atoms with van der Waals surface area (Å²) >= 11 is 0. The van der Waals surface area contributed by atoms with Gasteiger partial charge in [-0.15, -0.1) is 0 Å². The SMILES string of the molecule is C[C@@H](C(=O)OCCOc1ccc(S(=O)(=O)N(C)C)cc1)N1C(=O)[C@H]2CCCC[C@H]2C1=O. The van der Waals surface area contributed by atoms with E-state index in [-0.39, 0.29) is 41.8 Å². The van der Waals surface area contributed by atoms with Crippen LogP contribution in [0.4, 0.5) is 0 Å². The van der Waals surface area contributed by atoms with Crippen LogP contribution in [0.5, 0.6) is 5.75 Å². The molecule has 3 rings (SSSR count). The fourth-order valence-corrected chi connectivity index (χ4v) is 4.92. The molecule has 2 amide bonds. The highest BCUT2D eigenvalue weighted by molar-refractivity contribution is 7.89. The number of amides is 2. The fourth-order valence-electron chi connectivity index (χ4n) is 4.02. The van der Waals surface area contributed by atoms with Gasteiger partial charge in [0, 0.05) is 14.1 Å². The molecule has 0 aromatic heterocycles. The molecule has 3 atom stereocenters. The Morgan fingerprint density at radius 3 is 2.13 bits per heavy atom. The summed E-state index contributed by atoms with van der Waals surface area (Å²) in [7, 11) is -0.615. The second-order valence-electron chi connectivity index (χ2n) is 7.99. The van der Waals surface area contributed by atoms with Crippen molar-refractivity contribution in [2.24, 2.45) is 11.8 Å². The minimum Gasteiger partial charge on any atom is -0.490 e. The molecule has 31 heavy (non-hydrogen) atoms. The molecule has 0 spiro atoms. The first-order chi connectivity index (χ1) is 14.6. The Labute approximate surface area is 182 Å². The van der Waals surface area contributed by atoms with Gasteiger partial charge in [0.05, 0.1) is 16.7 Å². The molecule has 1 aromatic rings. The molecule has 1 aliphatic heterocycles. The van der Waals surface area contributed by atoms with Crippen LogP contribution in [0.1, 0.15) is 32.6 Å². The number of imide groups is 1. The third-order valence-electron chi connectivity index (χ3n) is 5.80. The molecule has 1 aromatic carbocycles. The first kappa shape index (κ1) is 23.2. The zero-order valence-corrected chi connectivity index (χ0v) is 18.8. The number of likely N-dealkylation sites (tertiary alicyclic amines) is 1. The number of carbonyl (C=O) groups excluding carboxylic acids is 3. The summed E-state index contributed by atoms with van der Waals surface area (Å²) in [6.45, 7) is 1.48. The van der Waals surface area contributed by atoms with E-state index < -0.39 is 22.0 Å². The van der Waals surface area contributed by atoms with Gasteiger partial charge in [-0.2, -0.15) is 0 Å². The highest BCUT2D eigenvalue weighted by Gasteiger charge is 2.51. The number of sulfonamides is 1. The third-order valence-corrected chi connectivity index (χ3v) is 7.63. The van der Waals surface area contributed by atoms with Crippen molar-refractivity contribution in [1.29, 1.82) is 0 Å². The fraction of sp³-hybridized carbons (Fsp3) is 0.571. The van der Waals surface area contributed by atoms with Crippen LogP contribution >= 0.6 is 0 Å². The Balaban J connectivity index is 1.48. The Morgan fingerprint density at radius 1 is 1.06 bits per heavy atom. The monoisotopic (exact) mass is 452 g/mol. The molecule has 0 N–H and O–H groups in total. The molecule has 10 heteroatoms. The smallest absolute Gasteiger partial charge is 0.329 e. The Morgan fingerprint density at radius 2 is 1.61 bits per heavy atom. The highest BCUT2D eigenvalue weighted by atomic mass is 32.2. The van der Waals surface area contributed by atoms with E-state index in [1.165, 1.54) is 45.3 Å². The van der Waals surface area contributed by atoms with Crippen molar-refractivity contribution in [1.82, 2.24) is 9.21 Å². The first-order valence-corrected chi connectivity index (χ1v) is 11.8. The number of hydrogen-bond acceptors (Lipinski definition) is 7. The quantitative estimate of drug-likeness (QED) is 0.333. The van der Waals surface area contributed by atoms with Gasteiger partial charge in [-0.25, -0.2) is 17.5 Å². The summed E-state index contributed by atoms with van der Waals surface area (Å²) in [5.41, 5.74) is 0. The van der Waals surface area contributed by atoms with Crippen LogP contribution in [0.3, 0.4) is 0 Å².